The van der Waals surface area contributed by atoms with Crippen molar-refractivity contribution < 1.29 is 23.5 Å². The van der Waals surface area contributed by atoms with Crippen molar-refractivity contribution in [3.63, 3.8) is 0 Å². The number of amides is 3. The number of halogens is 1. The van der Waals surface area contributed by atoms with Gasteiger partial charge in [-0.3, -0.25) is 14.5 Å². The number of alkyl carbamates (subject to hydrolysis) is 1. The Morgan fingerprint density at radius 3 is 2.66 bits per heavy atom. The molecule has 188 valence electrons. The SMILES string of the molecule is CN[C@@H](C)C(=O)N[C@H](C(=O)N1c2ncccc2C[C@@H]1OC(=O)NCc1cc(F)ccc1C)C(C)C. The Morgan fingerprint density at radius 2 is 1.97 bits per heavy atom. The largest absolute Gasteiger partial charge is 0.425 e. The van der Waals surface area contributed by atoms with Crippen LogP contribution in [0.3, 0.4) is 0 Å². The van der Waals surface area contributed by atoms with Crippen LogP contribution in [0.15, 0.2) is 36.5 Å². The van der Waals surface area contributed by atoms with Gasteiger partial charge in [0.05, 0.1) is 6.04 Å². The van der Waals surface area contributed by atoms with Crippen molar-refractivity contribution in [2.75, 3.05) is 11.9 Å². The lowest BCUT2D eigenvalue weighted by Gasteiger charge is -2.31. The van der Waals surface area contributed by atoms with Gasteiger partial charge in [0.25, 0.3) is 5.91 Å². The predicted molar refractivity (Wildman–Crippen MR) is 129 cm³/mol. The summed E-state index contributed by atoms with van der Waals surface area (Å²) in [7, 11) is 1.66. The Kier molecular flexibility index (Phi) is 8.39. The van der Waals surface area contributed by atoms with E-state index in [-0.39, 0.29) is 24.8 Å². The second-order valence-electron chi connectivity index (χ2n) is 8.92. The number of aromatic nitrogens is 1. The number of carbonyl (C=O) groups is 3. The number of hydrogen-bond acceptors (Lipinski definition) is 6. The molecule has 2 aromatic rings. The summed E-state index contributed by atoms with van der Waals surface area (Å²) in [6.45, 7) is 7.23. The first-order valence-corrected chi connectivity index (χ1v) is 11.6. The van der Waals surface area contributed by atoms with Gasteiger partial charge in [-0.15, -0.1) is 0 Å². The Morgan fingerprint density at radius 1 is 1.23 bits per heavy atom. The first kappa shape index (κ1) is 26.1. The predicted octanol–water partition coefficient (Wildman–Crippen LogP) is 2.42. The van der Waals surface area contributed by atoms with E-state index in [4.69, 9.17) is 4.74 Å². The fraction of sp³-hybridized carbons (Fsp3) is 0.440. The minimum atomic E-state index is -0.944. The van der Waals surface area contributed by atoms with Crippen LogP contribution < -0.4 is 20.9 Å². The summed E-state index contributed by atoms with van der Waals surface area (Å²) in [5.41, 5.74) is 2.19. The number of nitrogens with one attached hydrogen (secondary N) is 3. The van der Waals surface area contributed by atoms with E-state index in [0.29, 0.717) is 11.4 Å². The molecule has 3 N–H and O–H groups in total. The maximum Gasteiger partial charge on any atom is 0.409 e. The molecular weight excluding hydrogens is 453 g/mol. The molecule has 0 aliphatic carbocycles. The van der Waals surface area contributed by atoms with Crippen LogP contribution in [0.25, 0.3) is 0 Å². The van der Waals surface area contributed by atoms with Crippen molar-refractivity contribution in [1.29, 1.82) is 0 Å². The lowest BCUT2D eigenvalue weighted by Crippen LogP contribution is -2.56. The van der Waals surface area contributed by atoms with Gasteiger partial charge in [0, 0.05) is 24.7 Å². The maximum absolute atomic E-state index is 13.6. The number of likely N-dealkylation sites (N-methyl/N-ethyl adjacent to an activating group) is 1. The number of fused-ring (bicyclic) bond motifs is 1. The van der Waals surface area contributed by atoms with Gasteiger partial charge in [-0.2, -0.15) is 0 Å². The summed E-state index contributed by atoms with van der Waals surface area (Å²) >= 11 is 0. The van der Waals surface area contributed by atoms with Crippen molar-refractivity contribution in [2.45, 2.75) is 59.0 Å². The van der Waals surface area contributed by atoms with Crippen molar-refractivity contribution in [2.24, 2.45) is 5.92 Å². The summed E-state index contributed by atoms with van der Waals surface area (Å²) in [6, 6.07) is 6.55. The van der Waals surface area contributed by atoms with Crippen molar-refractivity contribution in [3.05, 3.63) is 59.0 Å². The zero-order valence-corrected chi connectivity index (χ0v) is 20.6. The molecule has 35 heavy (non-hydrogen) atoms. The van der Waals surface area contributed by atoms with Crippen LogP contribution in [0.1, 0.15) is 37.5 Å². The lowest BCUT2D eigenvalue weighted by molar-refractivity contribution is -0.130. The monoisotopic (exact) mass is 485 g/mol. The zero-order chi connectivity index (χ0) is 25.7. The number of ether oxygens (including phenoxy) is 1. The average Bonchev–Trinajstić information content (AvgIpc) is 3.19. The third-order valence-corrected chi connectivity index (χ3v) is 6.05. The van der Waals surface area contributed by atoms with E-state index < -0.39 is 36.1 Å². The molecule has 0 spiro atoms. The molecule has 2 heterocycles. The number of benzene rings is 1. The first-order valence-electron chi connectivity index (χ1n) is 11.6. The summed E-state index contributed by atoms with van der Waals surface area (Å²) in [5.74, 6) is -0.982. The smallest absolute Gasteiger partial charge is 0.409 e. The molecular formula is C25H32FN5O4. The molecule has 1 aliphatic rings. The Hall–Kier alpha value is -3.53. The quantitative estimate of drug-likeness (QED) is 0.529. The van der Waals surface area contributed by atoms with Gasteiger partial charge in [0.15, 0.2) is 6.23 Å². The highest BCUT2D eigenvalue weighted by atomic mass is 19.1. The van der Waals surface area contributed by atoms with Crippen molar-refractivity contribution in [1.82, 2.24) is 20.9 Å². The Bertz CT molecular complexity index is 1090. The highest BCUT2D eigenvalue weighted by molar-refractivity contribution is 6.01. The van der Waals surface area contributed by atoms with Gasteiger partial charge in [-0.05, 0) is 56.1 Å². The highest BCUT2D eigenvalue weighted by Crippen LogP contribution is 2.32. The number of anilines is 1. The van der Waals surface area contributed by atoms with E-state index in [9.17, 15) is 18.8 Å². The molecule has 0 bridgehead atoms. The minimum Gasteiger partial charge on any atom is -0.425 e. The van der Waals surface area contributed by atoms with Crippen LogP contribution in [-0.4, -0.2) is 48.3 Å². The molecule has 1 aliphatic heterocycles. The molecule has 9 nitrogen and oxygen atoms in total. The van der Waals surface area contributed by atoms with Crippen molar-refractivity contribution >= 4 is 23.7 Å². The molecule has 0 unspecified atom stereocenters. The van der Waals surface area contributed by atoms with Gasteiger partial charge in [0.1, 0.15) is 17.7 Å². The van der Waals surface area contributed by atoms with Gasteiger partial charge in [-0.25, -0.2) is 14.2 Å². The van der Waals surface area contributed by atoms with E-state index >= 15 is 0 Å². The molecule has 0 saturated heterocycles. The average molecular weight is 486 g/mol. The van der Waals surface area contributed by atoms with Crippen LogP contribution in [-0.2, 0) is 27.3 Å². The molecule has 10 heteroatoms. The van der Waals surface area contributed by atoms with Gasteiger partial charge >= 0.3 is 6.09 Å². The lowest BCUT2D eigenvalue weighted by atomic mass is 10.0. The summed E-state index contributed by atoms with van der Waals surface area (Å²) in [4.78, 5) is 44.4. The van der Waals surface area contributed by atoms with E-state index in [1.165, 1.54) is 17.0 Å². The maximum atomic E-state index is 13.6. The summed E-state index contributed by atoms with van der Waals surface area (Å²) in [5, 5.41) is 8.27. The van der Waals surface area contributed by atoms with Crippen molar-refractivity contribution in [3.8, 4) is 0 Å². The topological polar surface area (TPSA) is 113 Å². The van der Waals surface area contributed by atoms with E-state index in [1.807, 2.05) is 26.8 Å². The van der Waals surface area contributed by atoms with Crippen LogP contribution in [0.4, 0.5) is 15.0 Å². The molecule has 3 rings (SSSR count). The first-order chi connectivity index (χ1) is 16.6. The molecule has 0 saturated carbocycles. The standard InChI is InChI=1S/C25H32FN5O4/c1-14(2)21(30-23(32)16(4)27-5)24(33)31-20(12-17-7-6-10-28-22(17)31)35-25(34)29-13-18-11-19(26)9-8-15(18)3/h6-11,14,16,20-21,27H,12-13H2,1-5H3,(H,29,34)(H,30,32)/t16-,20-,21-/m0/s1. The summed E-state index contributed by atoms with van der Waals surface area (Å²) in [6.07, 6.45) is 0.118. The van der Waals surface area contributed by atoms with Gasteiger partial charge in [0.2, 0.25) is 5.91 Å². The number of nitrogens with zero attached hydrogens (tertiary/aromatic N) is 2. The Labute approximate surface area is 204 Å². The number of hydrogen-bond donors (Lipinski definition) is 3. The van der Waals surface area contributed by atoms with Crippen LogP contribution >= 0.6 is 0 Å². The summed E-state index contributed by atoms with van der Waals surface area (Å²) < 4.78 is 19.2. The fourth-order valence-electron chi connectivity index (χ4n) is 3.80. The zero-order valence-electron chi connectivity index (χ0n) is 20.6. The van der Waals surface area contributed by atoms with E-state index in [1.54, 1.807) is 32.3 Å². The normalized spacial score (nSPS) is 16.4. The second kappa shape index (κ2) is 11.3. The molecule has 3 atom stereocenters. The number of carbonyl (C=O) groups excluding carboxylic acids is 3. The molecule has 0 fully saturated rings. The second-order valence-corrected chi connectivity index (χ2v) is 8.92. The highest BCUT2D eigenvalue weighted by Gasteiger charge is 2.41. The van der Waals surface area contributed by atoms with E-state index in [0.717, 1.165) is 11.1 Å². The van der Waals surface area contributed by atoms with Gasteiger partial charge in [-0.1, -0.05) is 26.0 Å². The number of pyridine rings is 1. The van der Waals surface area contributed by atoms with Crippen LogP contribution in [0, 0.1) is 18.7 Å². The van der Waals surface area contributed by atoms with E-state index in [2.05, 4.69) is 20.9 Å². The van der Waals surface area contributed by atoms with Gasteiger partial charge < -0.3 is 20.7 Å². The molecule has 0 radical (unpaired) electrons. The molecule has 3 amide bonds. The van der Waals surface area contributed by atoms with Crippen LogP contribution in [0.2, 0.25) is 0 Å². The molecule has 1 aromatic carbocycles. The number of aryl methyl sites for hydroxylation is 1. The third-order valence-electron chi connectivity index (χ3n) is 6.05. The minimum absolute atomic E-state index is 0.0703. The number of rotatable bonds is 8. The molecule has 1 aromatic heterocycles. The fourth-order valence-corrected chi connectivity index (χ4v) is 3.80. The Balaban J connectivity index is 1.78. The third kappa shape index (κ3) is 6.13. The van der Waals surface area contributed by atoms with Crippen LogP contribution in [0.5, 0.6) is 0 Å².